The first-order chi connectivity index (χ1) is 31.8. The Hall–Kier alpha value is -8.74. The van der Waals surface area contributed by atoms with Gasteiger partial charge in [-0.2, -0.15) is 0 Å². The van der Waals surface area contributed by atoms with E-state index in [9.17, 15) is 0 Å². The monoisotopic (exact) mass is 820 g/mol. The zero-order valence-electron chi connectivity index (χ0n) is 34.8. The SMILES string of the molecule is c1ccc(N(c2ccccc2)c2ccc3c(c2)c2ccccc2n3-c2ccc(-c3ccc(-n4c5ccccc5c5cc(N(c6ccccc6)c6ccccc6)ccc54)cn3)nc2)cc1. The maximum absolute atomic E-state index is 5.01. The lowest BCUT2D eigenvalue weighted by atomic mass is 10.1. The minimum Gasteiger partial charge on any atom is -0.310 e. The van der Waals surface area contributed by atoms with Crippen molar-refractivity contribution in [2.75, 3.05) is 9.80 Å². The van der Waals surface area contributed by atoms with Crippen LogP contribution < -0.4 is 9.80 Å². The third-order valence-corrected chi connectivity index (χ3v) is 12.2. The second-order valence-corrected chi connectivity index (χ2v) is 15.9. The molecule has 0 atom stereocenters. The molecule has 0 aliphatic heterocycles. The quantitative estimate of drug-likeness (QED) is 0.145. The highest BCUT2D eigenvalue weighted by Crippen LogP contribution is 2.41. The van der Waals surface area contributed by atoms with Crippen molar-refractivity contribution >= 4 is 77.7 Å². The molecule has 0 saturated heterocycles. The van der Waals surface area contributed by atoms with Gasteiger partial charge in [0.15, 0.2) is 0 Å². The van der Waals surface area contributed by atoms with E-state index in [0.717, 1.165) is 79.0 Å². The van der Waals surface area contributed by atoms with Crippen LogP contribution in [0.25, 0.3) is 66.4 Å². The van der Waals surface area contributed by atoms with Crippen LogP contribution in [0.1, 0.15) is 0 Å². The predicted molar refractivity (Wildman–Crippen MR) is 266 cm³/mol. The summed E-state index contributed by atoms with van der Waals surface area (Å²) < 4.78 is 4.62. The third kappa shape index (κ3) is 6.36. The van der Waals surface area contributed by atoms with Gasteiger partial charge in [-0.25, -0.2) is 0 Å². The van der Waals surface area contributed by atoms with E-state index in [-0.39, 0.29) is 0 Å². The Balaban J connectivity index is 0.889. The lowest BCUT2D eigenvalue weighted by Gasteiger charge is -2.25. The van der Waals surface area contributed by atoms with Gasteiger partial charge in [-0.3, -0.25) is 9.97 Å². The number of aromatic nitrogens is 4. The molecule has 64 heavy (non-hydrogen) atoms. The highest BCUT2D eigenvalue weighted by molar-refractivity contribution is 6.12. The summed E-state index contributed by atoms with van der Waals surface area (Å²) in [6.07, 6.45) is 3.92. The summed E-state index contributed by atoms with van der Waals surface area (Å²) in [5, 5.41) is 4.73. The molecule has 6 nitrogen and oxygen atoms in total. The van der Waals surface area contributed by atoms with E-state index in [1.807, 2.05) is 12.4 Å². The van der Waals surface area contributed by atoms with Crippen molar-refractivity contribution in [1.29, 1.82) is 0 Å². The number of benzene rings is 8. The molecule has 0 spiro atoms. The standard InChI is InChI=1S/C58H40N6/c1-5-17-41(18-6-1)61(42-19-7-2-8-20-42)45-31-35-57-51(37-45)49-25-13-15-27-55(49)63(57)47-29-33-53(59-39-47)54-34-30-48(40-60-54)64-56-28-16-14-26-50(56)52-38-46(32-36-58(52)64)62(43-21-9-3-10-22-43)44-23-11-4-12-24-44/h1-40H. The number of pyridine rings is 2. The molecule has 0 fully saturated rings. The van der Waals surface area contributed by atoms with Gasteiger partial charge in [0.25, 0.3) is 0 Å². The van der Waals surface area contributed by atoms with Crippen LogP contribution in [0.4, 0.5) is 34.1 Å². The number of anilines is 6. The van der Waals surface area contributed by atoms with Crippen molar-refractivity contribution in [2.45, 2.75) is 0 Å². The molecule has 0 amide bonds. The Morgan fingerprint density at radius 3 is 0.938 bits per heavy atom. The summed E-state index contributed by atoms with van der Waals surface area (Å²) in [4.78, 5) is 14.6. The maximum Gasteiger partial charge on any atom is 0.0887 e. The van der Waals surface area contributed by atoms with Gasteiger partial charge in [0.05, 0.1) is 57.2 Å². The first-order valence-electron chi connectivity index (χ1n) is 21.6. The van der Waals surface area contributed by atoms with Crippen LogP contribution in [0, 0.1) is 0 Å². The molecule has 0 aliphatic carbocycles. The highest BCUT2D eigenvalue weighted by atomic mass is 15.1. The summed E-state index contributed by atoms with van der Waals surface area (Å²) in [6, 6.07) is 81.4. The van der Waals surface area contributed by atoms with Crippen LogP contribution in [-0.2, 0) is 0 Å². The van der Waals surface area contributed by atoms with Gasteiger partial charge in [0, 0.05) is 55.7 Å². The molecular formula is C58H40N6. The number of para-hydroxylation sites is 6. The predicted octanol–water partition coefficient (Wildman–Crippen LogP) is 15.3. The van der Waals surface area contributed by atoms with Crippen LogP contribution in [-0.4, -0.2) is 19.1 Å². The van der Waals surface area contributed by atoms with Crippen LogP contribution in [0.15, 0.2) is 243 Å². The van der Waals surface area contributed by atoms with Gasteiger partial charge in [-0.15, -0.1) is 0 Å². The fourth-order valence-electron chi connectivity index (χ4n) is 9.30. The summed E-state index contributed by atoms with van der Waals surface area (Å²) >= 11 is 0. The van der Waals surface area contributed by atoms with E-state index in [1.54, 1.807) is 0 Å². The smallest absolute Gasteiger partial charge is 0.0887 e. The largest absolute Gasteiger partial charge is 0.310 e. The highest BCUT2D eigenvalue weighted by Gasteiger charge is 2.20. The first-order valence-corrected chi connectivity index (χ1v) is 21.6. The number of nitrogens with zero attached hydrogens (tertiary/aromatic N) is 6. The molecule has 0 saturated carbocycles. The van der Waals surface area contributed by atoms with E-state index >= 15 is 0 Å². The molecule has 8 aromatic carbocycles. The third-order valence-electron chi connectivity index (χ3n) is 12.2. The van der Waals surface area contributed by atoms with E-state index in [0.29, 0.717) is 0 Å². The van der Waals surface area contributed by atoms with E-state index in [2.05, 4.69) is 249 Å². The van der Waals surface area contributed by atoms with Crippen molar-refractivity contribution < 1.29 is 0 Å². The lowest BCUT2D eigenvalue weighted by molar-refractivity contribution is 1.12. The average Bonchev–Trinajstić information content (AvgIpc) is 3.88. The number of hydrogen-bond acceptors (Lipinski definition) is 4. The normalized spacial score (nSPS) is 11.4. The molecule has 4 heterocycles. The maximum atomic E-state index is 5.01. The summed E-state index contributed by atoms with van der Waals surface area (Å²) in [6.45, 7) is 0. The Morgan fingerprint density at radius 2 is 0.594 bits per heavy atom. The molecule has 0 bridgehead atoms. The van der Waals surface area contributed by atoms with Crippen LogP contribution >= 0.6 is 0 Å². The first kappa shape index (κ1) is 37.1. The zero-order chi connectivity index (χ0) is 42.4. The lowest BCUT2D eigenvalue weighted by Crippen LogP contribution is -2.09. The van der Waals surface area contributed by atoms with E-state index < -0.39 is 0 Å². The van der Waals surface area contributed by atoms with Crippen molar-refractivity contribution in [3.05, 3.63) is 243 Å². The fraction of sp³-hybridized carbons (Fsp3) is 0. The van der Waals surface area contributed by atoms with Crippen molar-refractivity contribution in [2.24, 2.45) is 0 Å². The number of fused-ring (bicyclic) bond motifs is 6. The molecule has 0 aliphatic rings. The van der Waals surface area contributed by atoms with Gasteiger partial charge in [0.1, 0.15) is 0 Å². The Morgan fingerprint density at radius 1 is 0.266 bits per heavy atom. The Bertz CT molecular complexity index is 3260. The molecule has 12 rings (SSSR count). The van der Waals surface area contributed by atoms with Gasteiger partial charge >= 0.3 is 0 Å². The number of hydrogen-bond donors (Lipinski definition) is 0. The molecule has 6 heteroatoms. The molecule has 302 valence electrons. The summed E-state index contributed by atoms with van der Waals surface area (Å²) in [7, 11) is 0. The Labute approximate surface area is 370 Å². The molecular weight excluding hydrogens is 781 g/mol. The van der Waals surface area contributed by atoms with E-state index in [1.165, 1.54) is 21.5 Å². The molecule has 4 aromatic heterocycles. The van der Waals surface area contributed by atoms with Gasteiger partial charge in [0.2, 0.25) is 0 Å². The van der Waals surface area contributed by atoms with E-state index in [4.69, 9.17) is 9.97 Å². The van der Waals surface area contributed by atoms with Crippen LogP contribution in [0.5, 0.6) is 0 Å². The minimum absolute atomic E-state index is 0.813. The van der Waals surface area contributed by atoms with Crippen molar-refractivity contribution in [3.63, 3.8) is 0 Å². The van der Waals surface area contributed by atoms with Crippen LogP contribution in [0.2, 0.25) is 0 Å². The minimum atomic E-state index is 0.813. The van der Waals surface area contributed by atoms with Gasteiger partial charge < -0.3 is 18.9 Å². The average molecular weight is 821 g/mol. The fourth-order valence-corrected chi connectivity index (χ4v) is 9.30. The van der Waals surface area contributed by atoms with Crippen molar-refractivity contribution in [3.8, 4) is 22.8 Å². The molecule has 12 aromatic rings. The van der Waals surface area contributed by atoms with Crippen molar-refractivity contribution in [1.82, 2.24) is 19.1 Å². The summed E-state index contributed by atoms with van der Waals surface area (Å²) in [5.41, 5.74) is 14.7. The zero-order valence-corrected chi connectivity index (χ0v) is 34.8. The van der Waals surface area contributed by atoms with Gasteiger partial charge in [-0.1, -0.05) is 109 Å². The summed E-state index contributed by atoms with van der Waals surface area (Å²) in [5.74, 6) is 0. The molecule has 0 radical (unpaired) electrons. The molecule has 0 N–H and O–H groups in total. The molecule has 0 unspecified atom stereocenters. The van der Waals surface area contributed by atoms with Gasteiger partial charge in [-0.05, 0) is 121 Å². The second kappa shape index (κ2) is 15.6. The number of rotatable bonds is 9. The topological polar surface area (TPSA) is 42.1 Å². The Kier molecular flexibility index (Phi) is 9.05. The van der Waals surface area contributed by atoms with Crippen LogP contribution in [0.3, 0.4) is 0 Å². The second-order valence-electron chi connectivity index (χ2n) is 15.9.